The van der Waals surface area contributed by atoms with Crippen LogP contribution in [0.5, 0.6) is 0 Å². The van der Waals surface area contributed by atoms with Crippen molar-refractivity contribution in [1.29, 1.82) is 0 Å². The SMILES string of the molecule is CCCC1CCC(C2CCC(CCc3cc4ccc(C5CO5)c(F)c4c(F)c3F)CC2)CC1. The van der Waals surface area contributed by atoms with Crippen LogP contribution in [0.15, 0.2) is 18.2 Å². The molecule has 0 bridgehead atoms. The molecule has 33 heavy (non-hydrogen) atoms. The Morgan fingerprint density at radius 3 is 1.97 bits per heavy atom. The molecule has 2 saturated carbocycles. The molecule has 1 saturated heterocycles. The number of fused-ring (bicyclic) bond motifs is 1. The van der Waals surface area contributed by atoms with E-state index in [2.05, 4.69) is 6.92 Å². The molecule has 180 valence electrons. The lowest BCUT2D eigenvalue weighted by atomic mass is 9.68. The van der Waals surface area contributed by atoms with Crippen LogP contribution < -0.4 is 0 Å². The number of epoxide rings is 1. The summed E-state index contributed by atoms with van der Waals surface area (Å²) in [6.45, 7) is 2.73. The van der Waals surface area contributed by atoms with Gasteiger partial charge < -0.3 is 4.74 Å². The summed E-state index contributed by atoms with van der Waals surface area (Å²) < 4.78 is 49.6. The monoisotopic (exact) mass is 458 g/mol. The lowest BCUT2D eigenvalue weighted by molar-refractivity contribution is 0.141. The highest BCUT2D eigenvalue weighted by atomic mass is 19.2. The van der Waals surface area contributed by atoms with Crippen LogP contribution in [0.25, 0.3) is 10.8 Å². The zero-order valence-electron chi connectivity index (χ0n) is 19.9. The third-order valence-electron chi connectivity index (χ3n) is 8.88. The van der Waals surface area contributed by atoms with Crippen molar-refractivity contribution >= 4 is 10.8 Å². The van der Waals surface area contributed by atoms with E-state index in [4.69, 9.17) is 4.74 Å². The predicted octanol–water partition coefficient (Wildman–Crippen LogP) is 8.67. The number of hydrogen-bond donors (Lipinski definition) is 0. The minimum atomic E-state index is -1.05. The summed E-state index contributed by atoms with van der Waals surface area (Å²) >= 11 is 0. The topological polar surface area (TPSA) is 12.5 Å². The van der Waals surface area contributed by atoms with E-state index in [-0.39, 0.29) is 11.5 Å². The lowest BCUT2D eigenvalue weighted by Crippen LogP contribution is -2.26. The molecule has 2 aliphatic carbocycles. The third kappa shape index (κ3) is 4.97. The molecular formula is C29H37F3O. The Morgan fingerprint density at radius 1 is 0.788 bits per heavy atom. The number of hydrogen-bond acceptors (Lipinski definition) is 1. The fourth-order valence-corrected chi connectivity index (χ4v) is 6.78. The maximum absolute atomic E-state index is 14.8. The van der Waals surface area contributed by atoms with Crippen molar-refractivity contribution in [1.82, 2.24) is 0 Å². The summed E-state index contributed by atoms with van der Waals surface area (Å²) in [5.41, 5.74) is 0.704. The van der Waals surface area contributed by atoms with Crippen LogP contribution in [0.3, 0.4) is 0 Å². The highest BCUT2D eigenvalue weighted by Gasteiger charge is 2.32. The molecule has 0 radical (unpaired) electrons. The van der Waals surface area contributed by atoms with Gasteiger partial charge in [0, 0.05) is 5.56 Å². The molecular weight excluding hydrogens is 421 g/mol. The molecule has 1 atom stereocenters. The van der Waals surface area contributed by atoms with Gasteiger partial charge in [-0.2, -0.15) is 0 Å². The second-order valence-corrected chi connectivity index (χ2v) is 10.9. The third-order valence-corrected chi connectivity index (χ3v) is 8.88. The summed E-state index contributed by atoms with van der Waals surface area (Å²) in [5, 5.41) is 0.201. The average Bonchev–Trinajstić information content (AvgIpc) is 3.67. The molecule has 3 aliphatic rings. The van der Waals surface area contributed by atoms with Crippen molar-refractivity contribution in [3.63, 3.8) is 0 Å². The molecule has 0 spiro atoms. The van der Waals surface area contributed by atoms with Gasteiger partial charge in [0.2, 0.25) is 0 Å². The van der Waals surface area contributed by atoms with Crippen LogP contribution in [0, 0.1) is 41.1 Å². The standard InChI is InChI=1S/C29H37F3O/c1-2-3-18-4-9-20(10-5-18)21-11-6-19(7-12-21)8-13-23-16-22-14-15-24(25-17-33-25)28(31)26(22)29(32)27(23)30/h14-16,18-21,25H,2-13,17H2,1H3. The fraction of sp³-hybridized carbons (Fsp3) is 0.655. The van der Waals surface area contributed by atoms with E-state index in [9.17, 15) is 13.2 Å². The maximum atomic E-state index is 14.8. The Hall–Kier alpha value is -1.55. The van der Waals surface area contributed by atoms with Crippen molar-refractivity contribution in [2.45, 2.75) is 90.1 Å². The maximum Gasteiger partial charge on any atom is 0.169 e. The molecule has 0 N–H and O–H groups in total. The van der Waals surface area contributed by atoms with Gasteiger partial charge in [0.05, 0.1) is 12.0 Å². The number of ether oxygens (including phenoxy) is 1. The molecule has 1 heterocycles. The van der Waals surface area contributed by atoms with Gasteiger partial charge >= 0.3 is 0 Å². The molecule has 0 aromatic heterocycles. The van der Waals surface area contributed by atoms with E-state index in [1.165, 1.54) is 64.2 Å². The summed E-state index contributed by atoms with van der Waals surface area (Å²) in [5.74, 6) is 0.708. The first-order valence-corrected chi connectivity index (χ1v) is 13.3. The molecule has 4 heteroatoms. The quantitative estimate of drug-likeness (QED) is 0.378. The first kappa shape index (κ1) is 23.2. The molecule has 5 rings (SSSR count). The minimum absolute atomic E-state index is 0.238. The van der Waals surface area contributed by atoms with Gasteiger partial charge in [0.15, 0.2) is 11.6 Å². The van der Waals surface area contributed by atoms with Crippen molar-refractivity contribution in [2.24, 2.45) is 23.7 Å². The molecule has 2 aromatic carbocycles. The van der Waals surface area contributed by atoms with Crippen LogP contribution in [0.1, 0.15) is 94.8 Å². The number of halogens is 3. The van der Waals surface area contributed by atoms with Crippen molar-refractivity contribution in [2.75, 3.05) is 6.61 Å². The van der Waals surface area contributed by atoms with E-state index >= 15 is 0 Å². The minimum Gasteiger partial charge on any atom is -0.368 e. The van der Waals surface area contributed by atoms with Gasteiger partial charge in [-0.15, -0.1) is 0 Å². The van der Waals surface area contributed by atoms with Crippen molar-refractivity contribution < 1.29 is 17.9 Å². The van der Waals surface area contributed by atoms with Gasteiger partial charge in [-0.1, -0.05) is 57.6 Å². The lowest BCUT2D eigenvalue weighted by Gasteiger charge is -2.38. The Labute approximate surface area is 196 Å². The summed E-state index contributed by atoms with van der Waals surface area (Å²) in [7, 11) is 0. The van der Waals surface area contributed by atoms with Gasteiger partial charge in [-0.25, -0.2) is 13.2 Å². The van der Waals surface area contributed by atoms with E-state index in [1.807, 2.05) is 0 Å². The first-order chi connectivity index (χ1) is 16.0. The highest BCUT2D eigenvalue weighted by molar-refractivity contribution is 5.85. The zero-order valence-corrected chi connectivity index (χ0v) is 19.9. The molecule has 1 unspecified atom stereocenters. The number of rotatable bonds is 7. The largest absolute Gasteiger partial charge is 0.368 e. The molecule has 2 aromatic rings. The smallest absolute Gasteiger partial charge is 0.169 e. The van der Waals surface area contributed by atoms with Gasteiger partial charge in [0.25, 0.3) is 0 Å². The zero-order chi connectivity index (χ0) is 22.9. The van der Waals surface area contributed by atoms with E-state index in [1.54, 1.807) is 18.2 Å². The van der Waals surface area contributed by atoms with Crippen LogP contribution >= 0.6 is 0 Å². The normalized spacial score (nSPS) is 30.0. The summed E-state index contributed by atoms with van der Waals surface area (Å²) in [4.78, 5) is 0. The molecule has 0 amide bonds. The van der Waals surface area contributed by atoms with Crippen LogP contribution in [0.4, 0.5) is 13.2 Å². The molecule has 3 fully saturated rings. The predicted molar refractivity (Wildman–Crippen MR) is 127 cm³/mol. The first-order valence-electron chi connectivity index (χ1n) is 13.3. The average molecular weight is 459 g/mol. The highest BCUT2D eigenvalue weighted by Crippen LogP contribution is 2.43. The summed E-state index contributed by atoms with van der Waals surface area (Å²) in [6, 6.07) is 4.99. The Kier molecular flexibility index (Phi) is 7.02. The van der Waals surface area contributed by atoms with Crippen LogP contribution in [0.2, 0.25) is 0 Å². The van der Waals surface area contributed by atoms with Crippen LogP contribution in [-0.4, -0.2) is 6.61 Å². The summed E-state index contributed by atoms with van der Waals surface area (Å²) in [6.07, 6.45) is 14.4. The molecule has 1 nitrogen and oxygen atoms in total. The Balaban J connectivity index is 1.17. The number of aryl methyl sites for hydroxylation is 1. The Morgan fingerprint density at radius 2 is 1.39 bits per heavy atom. The van der Waals surface area contributed by atoms with E-state index < -0.39 is 17.5 Å². The van der Waals surface area contributed by atoms with Crippen LogP contribution in [-0.2, 0) is 11.2 Å². The second kappa shape index (κ2) is 9.98. The van der Waals surface area contributed by atoms with Crippen molar-refractivity contribution in [3.8, 4) is 0 Å². The number of benzene rings is 2. The second-order valence-electron chi connectivity index (χ2n) is 10.9. The van der Waals surface area contributed by atoms with Gasteiger partial charge in [0.1, 0.15) is 11.9 Å². The van der Waals surface area contributed by atoms with Crippen molar-refractivity contribution in [3.05, 3.63) is 46.8 Å². The fourth-order valence-electron chi connectivity index (χ4n) is 6.78. The van der Waals surface area contributed by atoms with E-state index in [0.29, 0.717) is 35.5 Å². The van der Waals surface area contributed by atoms with Gasteiger partial charge in [-0.3, -0.25) is 0 Å². The van der Waals surface area contributed by atoms with E-state index in [0.717, 1.165) is 24.2 Å². The molecule has 1 aliphatic heterocycles. The van der Waals surface area contributed by atoms with Gasteiger partial charge in [-0.05, 0) is 79.2 Å². The Bertz CT molecular complexity index is 967.